The maximum Gasteiger partial charge on any atom is 0.411 e. The topological polar surface area (TPSA) is 50.4 Å². The van der Waals surface area contributed by atoms with Crippen molar-refractivity contribution in [1.82, 2.24) is 10.6 Å². The predicted octanol–water partition coefficient (Wildman–Crippen LogP) is 1.10. The Morgan fingerprint density at radius 3 is 2.72 bits per heavy atom. The third-order valence-electron chi connectivity index (χ3n) is 2.48. The highest BCUT2D eigenvalue weighted by molar-refractivity contribution is 5.85. The molecule has 1 saturated heterocycles. The van der Waals surface area contributed by atoms with Crippen molar-refractivity contribution in [3.05, 3.63) is 0 Å². The SMILES string of the molecule is Cl.O=C(NCCOCC(F)(F)F)[C@@H]1CCCNC1. The number of carbonyl (C=O) groups is 1. The highest BCUT2D eigenvalue weighted by atomic mass is 35.5. The van der Waals surface area contributed by atoms with E-state index in [1.165, 1.54) is 0 Å². The number of carbonyl (C=O) groups excluding carboxylic acids is 1. The van der Waals surface area contributed by atoms with E-state index in [0.717, 1.165) is 19.4 Å². The number of rotatable bonds is 5. The lowest BCUT2D eigenvalue weighted by molar-refractivity contribution is -0.173. The zero-order valence-corrected chi connectivity index (χ0v) is 10.7. The van der Waals surface area contributed by atoms with E-state index in [1.807, 2.05) is 0 Å². The first-order valence-electron chi connectivity index (χ1n) is 5.62. The fourth-order valence-corrected chi connectivity index (χ4v) is 1.65. The lowest BCUT2D eigenvalue weighted by Crippen LogP contribution is -2.41. The van der Waals surface area contributed by atoms with E-state index in [0.29, 0.717) is 6.54 Å². The average Bonchev–Trinajstić information content (AvgIpc) is 2.28. The molecule has 0 aliphatic carbocycles. The van der Waals surface area contributed by atoms with Crippen molar-refractivity contribution >= 4 is 18.3 Å². The van der Waals surface area contributed by atoms with Crippen molar-refractivity contribution in [1.29, 1.82) is 0 Å². The number of piperidine rings is 1. The van der Waals surface area contributed by atoms with Crippen molar-refractivity contribution in [2.45, 2.75) is 19.0 Å². The molecule has 1 aliphatic heterocycles. The van der Waals surface area contributed by atoms with Crippen molar-refractivity contribution in [2.24, 2.45) is 5.92 Å². The van der Waals surface area contributed by atoms with E-state index in [2.05, 4.69) is 15.4 Å². The Labute approximate surface area is 110 Å². The van der Waals surface area contributed by atoms with Gasteiger partial charge in [-0.05, 0) is 19.4 Å². The molecular weight excluding hydrogens is 273 g/mol. The maximum atomic E-state index is 11.7. The molecule has 1 atom stereocenters. The molecule has 0 aromatic carbocycles. The van der Waals surface area contributed by atoms with Crippen LogP contribution in [0.25, 0.3) is 0 Å². The highest BCUT2D eigenvalue weighted by Gasteiger charge is 2.27. The van der Waals surface area contributed by atoms with Gasteiger partial charge in [-0.15, -0.1) is 12.4 Å². The van der Waals surface area contributed by atoms with E-state index in [-0.39, 0.29) is 37.4 Å². The molecule has 1 fully saturated rings. The highest BCUT2D eigenvalue weighted by Crippen LogP contribution is 2.14. The molecular formula is C10H18ClF3N2O2. The zero-order valence-electron chi connectivity index (χ0n) is 9.89. The van der Waals surface area contributed by atoms with Crippen molar-refractivity contribution in [3.8, 4) is 0 Å². The maximum absolute atomic E-state index is 11.7. The predicted molar refractivity (Wildman–Crippen MR) is 62.7 cm³/mol. The van der Waals surface area contributed by atoms with Gasteiger partial charge >= 0.3 is 6.18 Å². The van der Waals surface area contributed by atoms with Gasteiger partial charge in [-0.25, -0.2) is 0 Å². The van der Waals surface area contributed by atoms with Crippen molar-refractivity contribution < 1.29 is 22.7 Å². The number of alkyl halides is 3. The van der Waals surface area contributed by atoms with E-state index >= 15 is 0 Å². The lowest BCUT2D eigenvalue weighted by Gasteiger charge is -2.21. The minimum Gasteiger partial charge on any atom is -0.370 e. The summed E-state index contributed by atoms with van der Waals surface area (Å²) in [6.45, 7) is 0.276. The second-order valence-corrected chi connectivity index (χ2v) is 4.00. The molecule has 0 bridgehead atoms. The summed E-state index contributed by atoms with van der Waals surface area (Å²) in [6.07, 6.45) is -2.54. The van der Waals surface area contributed by atoms with Gasteiger partial charge in [0.2, 0.25) is 5.91 Å². The first-order chi connectivity index (χ1) is 7.99. The van der Waals surface area contributed by atoms with Gasteiger partial charge in [0.05, 0.1) is 12.5 Å². The minimum absolute atomic E-state index is 0. The molecule has 8 heteroatoms. The lowest BCUT2D eigenvalue weighted by atomic mass is 9.99. The molecule has 1 aliphatic rings. The van der Waals surface area contributed by atoms with Crippen LogP contribution in [0.1, 0.15) is 12.8 Å². The summed E-state index contributed by atoms with van der Waals surface area (Å²) < 4.78 is 39.5. The first kappa shape index (κ1) is 17.5. The molecule has 0 aromatic rings. The molecule has 4 nitrogen and oxygen atoms in total. The van der Waals surface area contributed by atoms with Crippen LogP contribution in [0.15, 0.2) is 0 Å². The molecule has 1 rings (SSSR count). The summed E-state index contributed by atoms with van der Waals surface area (Å²) in [5.41, 5.74) is 0. The molecule has 2 N–H and O–H groups in total. The van der Waals surface area contributed by atoms with Gasteiger partial charge in [-0.1, -0.05) is 0 Å². The average molecular weight is 291 g/mol. The number of nitrogens with one attached hydrogen (secondary N) is 2. The summed E-state index contributed by atoms with van der Waals surface area (Å²) in [6, 6.07) is 0. The van der Waals surface area contributed by atoms with Crippen LogP contribution in [0.3, 0.4) is 0 Å². The minimum atomic E-state index is -4.31. The van der Waals surface area contributed by atoms with E-state index in [4.69, 9.17) is 0 Å². The fraction of sp³-hybridized carbons (Fsp3) is 0.900. The van der Waals surface area contributed by atoms with E-state index in [1.54, 1.807) is 0 Å². The Morgan fingerprint density at radius 2 is 2.17 bits per heavy atom. The van der Waals surface area contributed by atoms with Gasteiger partial charge in [0, 0.05) is 13.1 Å². The number of ether oxygens (including phenoxy) is 1. The second-order valence-electron chi connectivity index (χ2n) is 4.00. The molecule has 108 valence electrons. The van der Waals surface area contributed by atoms with Crippen LogP contribution >= 0.6 is 12.4 Å². The van der Waals surface area contributed by atoms with Crippen molar-refractivity contribution in [3.63, 3.8) is 0 Å². The van der Waals surface area contributed by atoms with Crippen LogP contribution in [0, 0.1) is 5.92 Å². The molecule has 0 aromatic heterocycles. The van der Waals surface area contributed by atoms with Crippen LogP contribution in [0.4, 0.5) is 13.2 Å². The van der Waals surface area contributed by atoms with Crippen LogP contribution in [0.2, 0.25) is 0 Å². The largest absolute Gasteiger partial charge is 0.411 e. The Bertz CT molecular complexity index is 246. The quantitative estimate of drug-likeness (QED) is 0.746. The van der Waals surface area contributed by atoms with Gasteiger partial charge in [0.15, 0.2) is 0 Å². The first-order valence-corrected chi connectivity index (χ1v) is 5.62. The van der Waals surface area contributed by atoms with Crippen LogP contribution in [-0.4, -0.2) is 44.9 Å². The van der Waals surface area contributed by atoms with Gasteiger partial charge < -0.3 is 15.4 Å². The second kappa shape index (κ2) is 8.55. The van der Waals surface area contributed by atoms with Gasteiger partial charge in [-0.3, -0.25) is 4.79 Å². The summed E-state index contributed by atoms with van der Waals surface area (Å²) in [5.74, 6) is -0.195. The summed E-state index contributed by atoms with van der Waals surface area (Å²) in [4.78, 5) is 11.5. The third kappa shape index (κ3) is 7.73. The molecule has 18 heavy (non-hydrogen) atoms. The van der Waals surface area contributed by atoms with Gasteiger partial charge in [0.25, 0.3) is 0 Å². The third-order valence-corrected chi connectivity index (χ3v) is 2.48. The fourth-order valence-electron chi connectivity index (χ4n) is 1.65. The Kier molecular flexibility index (Phi) is 8.30. The molecule has 0 saturated carbocycles. The Balaban J connectivity index is 0.00000289. The normalized spacial score (nSPS) is 20.1. The number of hydrogen-bond donors (Lipinski definition) is 2. The van der Waals surface area contributed by atoms with Crippen LogP contribution in [0.5, 0.6) is 0 Å². The number of amides is 1. The Hall–Kier alpha value is -0.530. The standard InChI is InChI=1S/C10H17F3N2O2.ClH/c11-10(12,13)7-17-5-4-15-9(16)8-2-1-3-14-6-8;/h8,14H,1-7H2,(H,15,16);1H/t8-;/m1./s1. The smallest absolute Gasteiger partial charge is 0.370 e. The van der Waals surface area contributed by atoms with Crippen LogP contribution < -0.4 is 10.6 Å². The number of halogens is 4. The molecule has 1 heterocycles. The summed E-state index contributed by atoms with van der Waals surface area (Å²) in [7, 11) is 0. The molecule has 1 amide bonds. The Morgan fingerprint density at radius 1 is 1.44 bits per heavy atom. The molecule has 0 spiro atoms. The molecule has 0 radical (unpaired) electrons. The van der Waals surface area contributed by atoms with Crippen LogP contribution in [-0.2, 0) is 9.53 Å². The van der Waals surface area contributed by atoms with E-state index in [9.17, 15) is 18.0 Å². The number of hydrogen-bond acceptors (Lipinski definition) is 3. The monoisotopic (exact) mass is 290 g/mol. The van der Waals surface area contributed by atoms with E-state index < -0.39 is 12.8 Å². The molecule has 0 unspecified atom stereocenters. The summed E-state index contributed by atoms with van der Waals surface area (Å²) in [5, 5.41) is 5.66. The van der Waals surface area contributed by atoms with Gasteiger partial charge in [0.1, 0.15) is 6.61 Å². The van der Waals surface area contributed by atoms with Gasteiger partial charge in [-0.2, -0.15) is 13.2 Å². The van der Waals surface area contributed by atoms with Crippen molar-refractivity contribution in [2.75, 3.05) is 32.8 Å². The zero-order chi connectivity index (χ0) is 12.7. The summed E-state index contributed by atoms with van der Waals surface area (Å²) >= 11 is 0.